The summed E-state index contributed by atoms with van der Waals surface area (Å²) >= 11 is 1.60. The number of nitrogens with one attached hydrogen (secondary N) is 1. The van der Waals surface area contributed by atoms with Crippen LogP contribution in [-0.2, 0) is 11.3 Å². The van der Waals surface area contributed by atoms with Gasteiger partial charge < -0.3 is 15.4 Å². The third-order valence-electron chi connectivity index (χ3n) is 3.30. The number of amides is 1. The molecular formula is C14H18N4O3S. The lowest BCUT2D eigenvalue weighted by Gasteiger charge is -2.21. The van der Waals surface area contributed by atoms with E-state index in [1.54, 1.807) is 18.3 Å². The summed E-state index contributed by atoms with van der Waals surface area (Å²) in [5.41, 5.74) is 0. The van der Waals surface area contributed by atoms with Gasteiger partial charge in [-0.3, -0.25) is 9.36 Å². The van der Waals surface area contributed by atoms with Crippen LogP contribution in [0.5, 0.6) is 0 Å². The molecule has 1 atom stereocenters. The minimum absolute atomic E-state index is 0.0151. The molecule has 2 heterocycles. The molecule has 22 heavy (non-hydrogen) atoms. The van der Waals surface area contributed by atoms with E-state index in [4.69, 9.17) is 0 Å². The first-order valence-electron chi connectivity index (χ1n) is 6.89. The Morgan fingerprint density at radius 2 is 2.27 bits per heavy atom. The van der Waals surface area contributed by atoms with Crippen LogP contribution in [0.1, 0.15) is 30.6 Å². The standard InChI is InChI=1S/C14H18N4O3S/c1-9(2)14(11-5-4-6-22-11)16-13(19)8-17-7-12(18(20)21)15-10(17)3/h4-7,9,14H,8H2,1-3H3,(H,16,19)/t14-/m1/s1. The normalized spacial score (nSPS) is 12.4. The highest BCUT2D eigenvalue weighted by Gasteiger charge is 2.21. The number of nitro groups is 1. The highest BCUT2D eigenvalue weighted by atomic mass is 32.1. The van der Waals surface area contributed by atoms with Crippen LogP contribution in [0.3, 0.4) is 0 Å². The number of hydrogen-bond donors (Lipinski definition) is 1. The van der Waals surface area contributed by atoms with Crippen LogP contribution in [0.4, 0.5) is 5.82 Å². The van der Waals surface area contributed by atoms with Crippen molar-refractivity contribution in [1.29, 1.82) is 0 Å². The quantitative estimate of drug-likeness (QED) is 0.654. The Labute approximate surface area is 132 Å². The molecule has 0 unspecified atom stereocenters. The highest BCUT2D eigenvalue weighted by molar-refractivity contribution is 7.10. The van der Waals surface area contributed by atoms with E-state index in [9.17, 15) is 14.9 Å². The summed E-state index contributed by atoms with van der Waals surface area (Å²) in [7, 11) is 0. The largest absolute Gasteiger partial charge is 0.381 e. The van der Waals surface area contributed by atoms with E-state index in [1.165, 1.54) is 10.8 Å². The number of carbonyl (C=O) groups is 1. The summed E-state index contributed by atoms with van der Waals surface area (Å²) < 4.78 is 1.49. The van der Waals surface area contributed by atoms with Crippen LogP contribution in [-0.4, -0.2) is 20.4 Å². The fraction of sp³-hybridized carbons (Fsp3) is 0.429. The van der Waals surface area contributed by atoms with E-state index in [-0.39, 0.29) is 30.2 Å². The maximum atomic E-state index is 12.2. The number of imidazole rings is 1. The van der Waals surface area contributed by atoms with E-state index in [2.05, 4.69) is 10.3 Å². The van der Waals surface area contributed by atoms with Crippen LogP contribution >= 0.6 is 11.3 Å². The first kappa shape index (κ1) is 16.2. The van der Waals surface area contributed by atoms with Crippen molar-refractivity contribution in [3.63, 3.8) is 0 Å². The lowest BCUT2D eigenvalue weighted by Crippen LogP contribution is -2.33. The smallest absolute Gasteiger partial charge is 0.358 e. The molecule has 1 N–H and O–H groups in total. The number of thiophene rings is 1. The molecule has 0 aliphatic carbocycles. The number of aryl methyl sites for hydroxylation is 1. The third-order valence-corrected chi connectivity index (χ3v) is 4.25. The Bertz CT molecular complexity index is 664. The Kier molecular flexibility index (Phi) is 4.92. The summed E-state index contributed by atoms with van der Waals surface area (Å²) in [5.74, 6) is 0.256. The number of carbonyl (C=O) groups excluding carboxylic acids is 1. The highest BCUT2D eigenvalue weighted by Crippen LogP contribution is 2.25. The average molecular weight is 322 g/mol. The van der Waals surface area contributed by atoms with Crippen molar-refractivity contribution < 1.29 is 9.72 Å². The second-order valence-electron chi connectivity index (χ2n) is 5.34. The Morgan fingerprint density at radius 3 is 2.77 bits per heavy atom. The molecule has 2 aromatic heterocycles. The number of rotatable bonds is 6. The minimum atomic E-state index is -0.566. The van der Waals surface area contributed by atoms with Gasteiger partial charge in [0.25, 0.3) is 0 Å². The van der Waals surface area contributed by atoms with Crippen LogP contribution in [0, 0.1) is 23.0 Å². The van der Waals surface area contributed by atoms with Gasteiger partial charge in [-0.15, -0.1) is 11.3 Å². The number of nitrogens with zero attached hydrogens (tertiary/aromatic N) is 3. The summed E-state index contributed by atoms with van der Waals surface area (Å²) in [4.78, 5) is 27.3. The van der Waals surface area contributed by atoms with E-state index in [0.29, 0.717) is 5.82 Å². The zero-order valence-electron chi connectivity index (χ0n) is 12.6. The Morgan fingerprint density at radius 1 is 1.55 bits per heavy atom. The Balaban J connectivity index is 2.07. The van der Waals surface area contributed by atoms with Crippen molar-refractivity contribution in [2.75, 3.05) is 0 Å². The fourth-order valence-corrected chi connectivity index (χ4v) is 3.10. The maximum absolute atomic E-state index is 12.2. The first-order valence-corrected chi connectivity index (χ1v) is 7.77. The topological polar surface area (TPSA) is 90.1 Å². The SMILES string of the molecule is Cc1nc([N+](=O)[O-])cn1CC(=O)N[C@@H](c1cccs1)C(C)C. The van der Waals surface area contributed by atoms with E-state index < -0.39 is 4.92 Å². The average Bonchev–Trinajstić information content (AvgIpc) is 3.06. The van der Waals surface area contributed by atoms with Crippen molar-refractivity contribution in [3.8, 4) is 0 Å². The number of aromatic nitrogens is 2. The zero-order valence-corrected chi connectivity index (χ0v) is 13.5. The third kappa shape index (κ3) is 3.70. The summed E-state index contributed by atoms with van der Waals surface area (Å²) in [6.45, 7) is 5.73. The monoisotopic (exact) mass is 322 g/mol. The van der Waals surface area contributed by atoms with Crippen molar-refractivity contribution >= 4 is 23.1 Å². The molecule has 8 heteroatoms. The van der Waals surface area contributed by atoms with Crippen molar-refractivity contribution in [2.45, 2.75) is 33.4 Å². The summed E-state index contributed by atoms with van der Waals surface area (Å²) in [6, 6.07) is 3.87. The summed E-state index contributed by atoms with van der Waals surface area (Å²) in [6.07, 6.45) is 1.28. The van der Waals surface area contributed by atoms with Crippen molar-refractivity contribution in [3.05, 3.63) is 44.5 Å². The van der Waals surface area contributed by atoms with Gasteiger partial charge in [0, 0.05) is 11.8 Å². The fourth-order valence-electron chi connectivity index (χ4n) is 2.15. The van der Waals surface area contributed by atoms with Gasteiger partial charge in [-0.1, -0.05) is 19.9 Å². The minimum Gasteiger partial charge on any atom is -0.358 e. The van der Waals surface area contributed by atoms with Gasteiger partial charge in [-0.25, -0.2) is 0 Å². The molecule has 1 amide bonds. The molecule has 0 radical (unpaired) electrons. The Hall–Kier alpha value is -2.22. The first-order chi connectivity index (χ1) is 10.4. The van der Waals surface area contributed by atoms with Gasteiger partial charge in [-0.05, 0) is 27.3 Å². The van der Waals surface area contributed by atoms with Gasteiger partial charge in [0.1, 0.15) is 12.7 Å². The second-order valence-corrected chi connectivity index (χ2v) is 6.32. The van der Waals surface area contributed by atoms with Crippen molar-refractivity contribution in [2.24, 2.45) is 5.92 Å². The van der Waals surface area contributed by atoms with Crippen LogP contribution in [0.25, 0.3) is 0 Å². The van der Waals surface area contributed by atoms with Gasteiger partial charge in [0.15, 0.2) is 0 Å². The molecule has 7 nitrogen and oxygen atoms in total. The predicted molar refractivity (Wildman–Crippen MR) is 83.7 cm³/mol. The van der Waals surface area contributed by atoms with Gasteiger partial charge >= 0.3 is 5.82 Å². The lowest BCUT2D eigenvalue weighted by molar-refractivity contribution is -0.389. The van der Waals surface area contributed by atoms with E-state index >= 15 is 0 Å². The molecule has 0 spiro atoms. The molecule has 2 rings (SSSR count). The summed E-state index contributed by atoms with van der Waals surface area (Å²) in [5, 5.41) is 15.7. The molecule has 0 bridgehead atoms. The molecule has 0 saturated carbocycles. The molecule has 0 aromatic carbocycles. The zero-order chi connectivity index (χ0) is 16.3. The van der Waals surface area contributed by atoms with Crippen LogP contribution in [0.2, 0.25) is 0 Å². The lowest BCUT2D eigenvalue weighted by atomic mass is 10.0. The molecule has 118 valence electrons. The molecule has 0 saturated heterocycles. The van der Waals surface area contributed by atoms with E-state index in [0.717, 1.165) is 4.88 Å². The molecule has 0 fully saturated rings. The van der Waals surface area contributed by atoms with Crippen LogP contribution < -0.4 is 5.32 Å². The van der Waals surface area contributed by atoms with Gasteiger partial charge in [0.05, 0.1) is 6.04 Å². The van der Waals surface area contributed by atoms with Crippen molar-refractivity contribution in [1.82, 2.24) is 14.9 Å². The second kappa shape index (κ2) is 6.69. The van der Waals surface area contributed by atoms with Crippen LogP contribution in [0.15, 0.2) is 23.7 Å². The predicted octanol–water partition coefficient (Wildman–Crippen LogP) is 2.67. The molecule has 2 aromatic rings. The molecule has 0 aliphatic heterocycles. The number of hydrogen-bond acceptors (Lipinski definition) is 5. The molecule has 0 aliphatic rings. The maximum Gasteiger partial charge on any atom is 0.381 e. The molecular weight excluding hydrogens is 304 g/mol. The van der Waals surface area contributed by atoms with Gasteiger partial charge in [0.2, 0.25) is 11.7 Å². The van der Waals surface area contributed by atoms with E-state index in [1.807, 2.05) is 31.4 Å². The van der Waals surface area contributed by atoms with Gasteiger partial charge in [-0.2, -0.15) is 0 Å².